The normalized spacial score (nSPS) is 14.8. The molecule has 27 heavy (non-hydrogen) atoms. The Balaban J connectivity index is 1.48. The van der Waals surface area contributed by atoms with E-state index in [2.05, 4.69) is 14.9 Å². The SMILES string of the molecule is COc1cccc2cc(C(=O)/C=C/c3cnc(N4CCOCC4)nc3)oc12. The number of ether oxygens (including phenoxy) is 2. The zero-order chi connectivity index (χ0) is 18.6. The molecule has 0 bridgehead atoms. The van der Waals surface area contributed by atoms with Gasteiger partial charge < -0.3 is 18.8 Å². The van der Waals surface area contributed by atoms with Crippen LogP contribution in [0.4, 0.5) is 5.95 Å². The van der Waals surface area contributed by atoms with Crippen molar-refractivity contribution in [1.29, 1.82) is 0 Å². The lowest BCUT2D eigenvalue weighted by atomic mass is 10.2. The first-order chi connectivity index (χ1) is 13.2. The lowest BCUT2D eigenvalue weighted by Crippen LogP contribution is -2.37. The summed E-state index contributed by atoms with van der Waals surface area (Å²) >= 11 is 0. The second-order valence-electron chi connectivity index (χ2n) is 6.10. The highest BCUT2D eigenvalue weighted by Crippen LogP contribution is 2.28. The molecule has 0 atom stereocenters. The first kappa shape index (κ1) is 17.2. The fourth-order valence-electron chi connectivity index (χ4n) is 2.92. The molecule has 3 aromatic rings. The van der Waals surface area contributed by atoms with Gasteiger partial charge in [-0.2, -0.15) is 0 Å². The van der Waals surface area contributed by atoms with Crippen molar-refractivity contribution in [2.45, 2.75) is 0 Å². The summed E-state index contributed by atoms with van der Waals surface area (Å²) in [6.45, 7) is 2.93. The number of benzene rings is 1. The number of furan rings is 1. The molecule has 7 nitrogen and oxygen atoms in total. The number of hydrogen-bond donors (Lipinski definition) is 0. The minimum absolute atomic E-state index is 0.231. The summed E-state index contributed by atoms with van der Waals surface area (Å²) in [6.07, 6.45) is 6.53. The van der Waals surface area contributed by atoms with Crippen LogP contribution in [-0.2, 0) is 4.74 Å². The largest absolute Gasteiger partial charge is 0.493 e. The maximum Gasteiger partial charge on any atom is 0.225 e. The predicted molar refractivity (Wildman–Crippen MR) is 101 cm³/mol. The van der Waals surface area contributed by atoms with E-state index in [-0.39, 0.29) is 11.5 Å². The monoisotopic (exact) mass is 365 g/mol. The van der Waals surface area contributed by atoms with E-state index in [1.54, 1.807) is 37.7 Å². The number of morpholine rings is 1. The van der Waals surface area contributed by atoms with Crippen LogP contribution < -0.4 is 9.64 Å². The van der Waals surface area contributed by atoms with Gasteiger partial charge in [-0.3, -0.25) is 4.79 Å². The Bertz CT molecular complexity index is 973. The Kier molecular flexibility index (Phi) is 4.84. The highest BCUT2D eigenvalue weighted by Gasteiger charge is 2.14. The van der Waals surface area contributed by atoms with E-state index >= 15 is 0 Å². The smallest absolute Gasteiger partial charge is 0.225 e. The summed E-state index contributed by atoms with van der Waals surface area (Å²) in [6, 6.07) is 7.24. The van der Waals surface area contributed by atoms with Crippen LogP contribution in [0.3, 0.4) is 0 Å². The summed E-state index contributed by atoms with van der Waals surface area (Å²) in [7, 11) is 1.57. The molecule has 0 saturated carbocycles. The summed E-state index contributed by atoms with van der Waals surface area (Å²) in [5.74, 6) is 1.30. The molecule has 2 aromatic heterocycles. The van der Waals surface area contributed by atoms with E-state index in [9.17, 15) is 4.79 Å². The minimum atomic E-state index is -0.231. The number of carbonyl (C=O) groups excluding carboxylic acids is 1. The number of nitrogens with zero attached hydrogens (tertiary/aromatic N) is 3. The van der Waals surface area contributed by atoms with E-state index in [1.807, 2.05) is 12.1 Å². The molecule has 0 amide bonds. The summed E-state index contributed by atoms with van der Waals surface area (Å²) in [5.41, 5.74) is 1.31. The van der Waals surface area contributed by atoms with Crippen LogP contribution in [0.1, 0.15) is 16.1 Å². The Morgan fingerprint density at radius 1 is 1.22 bits per heavy atom. The fourth-order valence-corrected chi connectivity index (χ4v) is 2.92. The van der Waals surface area contributed by atoms with Crippen LogP contribution in [0.15, 0.2) is 47.2 Å². The zero-order valence-corrected chi connectivity index (χ0v) is 14.9. The summed E-state index contributed by atoms with van der Waals surface area (Å²) < 4.78 is 16.2. The number of para-hydroxylation sites is 1. The fraction of sp³-hybridized carbons (Fsp3) is 0.250. The second-order valence-corrected chi connectivity index (χ2v) is 6.10. The maximum atomic E-state index is 12.4. The Morgan fingerprint density at radius 2 is 2.00 bits per heavy atom. The van der Waals surface area contributed by atoms with Gasteiger partial charge in [0.05, 0.1) is 20.3 Å². The van der Waals surface area contributed by atoms with Gasteiger partial charge in [-0.15, -0.1) is 0 Å². The summed E-state index contributed by atoms with van der Waals surface area (Å²) in [5, 5.41) is 0.823. The highest BCUT2D eigenvalue weighted by atomic mass is 16.5. The molecule has 1 aromatic carbocycles. The molecule has 0 spiro atoms. The predicted octanol–water partition coefficient (Wildman–Crippen LogP) is 2.96. The third-order valence-corrected chi connectivity index (χ3v) is 4.35. The minimum Gasteiger partial charge on any atom is -0.493 e. The van der Waals surface area contributed by atoms with Gasteiger partial charge in [0.2, 0.25) is 11.7 Å². The van der Waals surface area contributed by atoms with Crippen LogP contribution in [0, 0.1) is 0 Å². The highest BCUT2D eigenvalue weighted by molar-refractivity contribution is 6.07. The van der Waals surface area contributed by atoms with E-state index in [4.69, 9.17) is 13.9 Å². The molecule has 0 radical (unpaired) electrons. The van der Waals surface area contributed by atoms with Gasteiger partial charge in [0.1, 0.15) is 0 Å². The Morgan fingerprint density at radius 3 is 2.74 bits per heavy atom. The molecule has 1 aliphatic rings. The van der Waals surface area contributed by atoms with Crippen LogP contribution in [0.5, 0.6) is 5.75 Å². The summed E-state index contributed by atoms with van der Waals surface area (Å²) in [4.78, 5) is 23.2. The van der Waals surface area contributed by atoms with Gasteiger partial charge in [0, 0.05) is 36.4 Å². The van der Waals surface area contributed by atoms with Gasteiger partial charge >= 0.3 is 0 Å². The number of fused-ring (bicyclic) bond motifs is 1. The van der Waals surface area contributed by atoms with Crippen molar-refractivity contribution in [2.24, 2.45) is 0 Å². The van der Waals surface area contributed by atoms with Crippen molar-refractivity contribution in [3.8, 4) is 5.75 Å². The average Bonchev–Trinajstić information content (AvgIpc) is 3.17. The molecule has 0 unspecified atom stereocenters. The third-order valence-electron chi connectivity index (χ3n) is 4.35. The molecule has 1 aliphatic heterocycles. The number of aromatic nitrogens is 2. The van der Waals surface area contributed by atoms with Crippen molar-refractivity contribution < 1.29 is 18.7 Å². The van der Waals surface area contributed by atoms with E-state index in [0.29, 0.717) is 30.5 Å². The van der Waals surface area contributed by atoms with Crippen molar-refractivity contribution in [2.75, 3.05) is 38.3 Å². The Labute approximate surface area is 156 Å². The average molecular weight is 365 g/mol. The van der Waals surface area contributed by atoms with E-state index in [1.165, 1.54) is 6.08 Å². The molecule has 3 heterocycles. The van der Waals surface area contributed by atoms with Crippen molar-refractivity contribution in [3.05, 3.63) is 54.1 Å². The number of anilines is 1. The van der Waals surface area contributed by atoms with Gasteiger partial charge in [-0.25, -0.2) is 9.97 Å². The molecule has 0 N–H and O–H groups in total. The molecule has 7 heteroatoms. The van der Waals surface area contributed by atoms with Crippen LogP contribution in [0.2, 0.25) is 0 Å². The van der Waals surface area contributed by atoms with Crippen molar-refractivity contribution in [1.82, 2.24) is 9.97 Å². The van der Waals surface area contributed by atoms with Crippen LogP contribution >= 0.6 is 0 Å². The standard InChI is InChI=1S/C20H19N3O4/c1-25-17-4-2-3-15-11-18(27-19(15)17)16(24)6-5-14-12-21-20(22-13-14)23-7-9-26-10-8-23/h2-6,11-13H,7-10H2,1H3/b6-5+. The maximum absolute atomic E-state index is 12.4. The molecule has 0 aliphatic carbocycles. The van der Waals surface area contributed by atoms with Gasteiger partial charge in [-0.1, -0.05) is 12.1 Å². The van der Waals surface area contributed by atoms with E-state index < -0.39 is 0 Å². The Hall–Kier alpha value is -3.19. The van der Waals surface area contributed by atoms with Crippen molar-refractivity contribution >= 4 is 28.8 Å². The molecule has 138 valence electrons. The first-order valence-electron chi connectivity index (χ1n) is 8.68. The number of hydrogen-bond acceptors (Lipinski definition) is 7. The number of ketones is 1. The van der Waals surface area contributed by atoms with Gasteiger partial charge in [-0.05, 0) is 24.3 Å². The quantitative estimate of drug-likeness (QED) is 0.508. The number of rotatable bonds is 5. The lowest BCUT2D eigenvalue weighted by Gasteiger charge is -2.26. The molecule has 4 rings (SSSR count). The van der Waals surface area contributed by atoms with Gasteiger partial charge in [0.25, 0.3) is 0 Å². The second kappa shape index (κ2) is 7.59. The number of carbonyl (C=O) groups is 1. The molecular formula is C20H19N3O4. The number of allylic oxidation sites excluding steroid dienone is 1. The number of methoxy groups -OCH3 is 1. The van der Waals surface area contributed by atoms with Crippen molar-refractivity contribution in [3.63, 3.8) is 0 Å². The van der Waals surface area contributed by atoms with Gasteiger partial charge in [0.15, 0.2) is 17.1 Å². The molecule has 1 fully saturated rings. The topological polar surface area (TPSA) is 77.7 Å². The lowest BCUT2D eigenvalue weighted by molar-refractivity contribution is 0.102. The van der Waals surface area contributed by atoms with Crippen LogP contribution in [-0.4, -0.2) is 49.2 Å². The molecular weight excluding hydrogens is 346 g/mol. The van der Waals surface area contributed by atoms with Crippen LogP contribution in [0.25, 0.3) is 17.0 Å². The molecule has 1 saturated heterocycles. The van der Waals surface area contributed by atoms with E-state index in [0.717, 1.165) is 24.0 Å². The zero-order valence-electron chi connectivity index (χ0n) is 14.9. The first-order valence-corrected chi connectivity index (χ1v) is 8.68. The third kappa shape index (κ3) is 3.68.